The van der Waals surface area contributed by atoms with Gasteiger partial charge in [-0.25, -0.2) is 0 Å². The highest BCUT2D eigenvalue weighted by molar-refractivity contribution is 5.81. The fourth-order valence-electron chi connectivity index (χ4n) is 3.45. The molecule has 2 bridgehead atoms. The van der Waals surface area contributed by atoms with Crippen molar-refractivity contribution in [3.05, 3.63) is 12.2 Å². The molecule has 0 spiro atoms. The van der Waals surface area contributed by atoms with Crippen LogP contribution in [0.15, 0.2) is 12.2 Å². The van der Waals surface area contributed by atoms with Gasteiger partial charge in [0.2, 0.25) is 5.91 Å². The molecule has 19 heavy (non-hydrogen) atoms. The maximum atomic E-state index is 12.0. The second-order valence-electron chi connectivity index (χ2n) is 6.76. The molecule has 0 aromatic carbocycles. The van der Waals surface area contributed by atoms with E-state index in [1.54, 1.807) is 0 Å². The highest BCUT2D eigenvalue weighted by Gasteiger charge is 2.38. The number of amides is 1. The van der Waals surface area contributed by atoms with Gasteiger partial charge in [-0.3, -0.25) is 4.79 Å². The number of carbonyl (C=O) groups is 1. The van der Waals surface area contributed by atoms with Crippen LogP contribution in [0.5, 0.6) is 0 Å². The molecule has 5 unspecified atom stereocenters. The van der Waals surface area contributed by atoms with E-state index in [4.69, 9.17) is 0 Å². The van der Waals surface area contributed by atoms with Crippen LogP contribution in [0.1, 0.15) is 40.5 Å². The Kier molecular flexibility index (Phi) is 4.67. The summed E-state index contributed by atoms with van der Waals surface area (Å²) in [5.41, 5.74) is 0. The van der Waals surface area contributed by atoms with Crippen LogP contribution < -0.4 is 10.6 Å². The lowest BCUT2D eigenvalue weighted by molar-refractivity contribution is -0.123. The summed E-state index contributed by atoms with van der Waals surface area (Å²) in [6.07, 6.45) is 7.35. The molecular weight excluding hydrogens is 236 g/mol. The standard InChI is InChI=1S/C16H28N2O/c1-10(2)9-17-16(19)12(4)18-11(3)15-8-13-5-6-14(15)7-13/h5-6,10-15,18H,7-9H2,1-4H3,(H,17,19). The fraction of sp³-hybridized carbons (Fsp3) is 0.812. The molecule has 2 rings (SSSR count). The summed E-state index contributed by atoms with van der Waals surface area (Å²) in [5.74, 6) is 2.86. The van der Waals surface area contributed by atoms with Gasteiger partial charge >= 0.3 is 0 Å². The summed E-state index contributed by atoms with van der Waals surface area (Å²) < 4.78 is 0. The van der Waals surface area contributed by atoms with E-state index in [2.05, 4.69) is 43.6 Å². The minimum atomic E-state index is -0.100. The smallest absolute Gasteiger partial charge is 0.236 e. The van der Waals surface area contributed by atoms with E-state index in [0.717, 1.165) is 18.4 Å². The first-order valence-electron chi connectivity index (χ1n) is 7.69. The van der Waals surface area contributed by atoms with Gasteiger partial charge in [-0.15, -0.1) is 0 Å². The second-order valence-corrected chi connectivity index (χ2v) is 6.76. The summed E-state index contributed by atoms with van der Waals surface area (Å²) >= 11 is 0. The number of hydrogen-bond donors (Lipinski definition) is 2. The molecule has 1 fully saturated rings. The van der Waals surface area contributed by atoms with Crippen LogP contribution >= 0.6 is 0 Å². The molecule has 0 saturated heterocycles. The molecule has 2 N–H and O–H groups in total. The molecule has 5 atom stereocenters. The molecule has 3 heteroatoms. The van der Waals surface area contributed by atoms with E-state index in [1.165, 1.54) is 12.8 Å². The van der Waals surface area contributed by atoms with Crippen molar-refractivity contribution in [2.24, 2.45) is 23.7 Å². The first kappa shape index (κ1) is 14.6. The van der Waals surface area contributed by atoms with Crippen molar-refractivity contribution >= 4 is 5.91 Å². The second kappa shape index (κ2) is 6.08. The average Bonchev–Trinajstić information content (AvgIpc) is 2.97. The Labute approximate surface area is 117 Å². The molecule has 3 nitrogen and oxygen atoms in total. The largest absolute Gasteiger partial charge is 0.354 e. The Bertz CT molecular complexity index is 351. The van der Waals surface area contributed by atoms with Gasteiger partial charge in [0.15, 0.2) is 0 Å². The molecule has 2 aliphatic rings. The van der Waals surface area contributed by atoms with Crippen LogP contribution in [-0.2, 0) is 4.79 Å². The number of allylic oxidation sites excluding steroid dienone is 2. The van der Waals surface area contributed by atoms with Crippen molar-refractivity contribution in [2.45, 2.75) is 52.6 Å². The molecule has 1 saturated carbocycles. The minimum Gasteiger partial charge on any atom is -0.354 e. The highest BCUT2D eigenvalue weighted by atomic mass is 16.2. The maximum Gasteiger partial charge on any atom is 0.236 e. The van der Waals surface area contributed by atoms with E-state index in [0.29, 0.717) is 17.9 Å². The van der Waals surface area contributed by atoms with Crippen molar-refractivity contribution in [1.82, 2.24) is 10.6 Å². The lowest BCUT2D eigenvalue weighted by atomic mass is 9.87. The van der Waals surface area contributed by atoms with E-state index >= 15 is 0 Å². The van der Waals surface area contributed by atoms with Crippen LogP contribution in [-0.4, -0.2) is 24.5 Å². The molecule has 0 aromatic heterocycles. The SMILES string of the molecule is CC(C)CNC(=O)C(C)NC(C)C1CC2C=CC1C2. The van der Waals surface area contributed by atoms with Gasteiger partial charge in [0.05, 0.1) is 6.04 Å². The third-order valence-corrected chi connectivity index (χ3v) is 4.56. The number of rotatable bonds is 6. The monoisotopic (exact) mass is 264 g/mol. The lowest BCUT2D eigenvalue weighted by Crippen LogP contribution is -2.49. The maximum absolute atomic E-state index is 12.0. The predicted molar refractivity (Wildman–Crippen MR) is 78.8 cm³/mol. The molecule has 0 aromatic rings. The van der Waals surface area contributed by atoms with Gasteiger partial charge in [-0.2, -0.15) is 0 Å². The van der Waals surface area contributed by atoms with Gasteiger partial charge < -0.3 is 10.6 Å². The van der Waals surface area contributed by atoms with E-state index < -0.39 is 0 Å². The van der Waals surface area contributed by atoms with Crippen molar-refractivity contribution < 1.29 is 4.79 Å². The van der Waals surface area contributed by atoms with Crippen LogP contribution in [0.25, 0.3) is 0 Å². The predicted octanol–water partition coefficient (Wildman–Crippen LogP) is 2.34. The summed E-state index contributed by atoms with van der Waals surface area (Å²) in [6, 6.07) is 0.316. The van der Waals surface area contributed by atoms with Gasteiger partial charge in [0, 0.05) is 12.6 Å². The van der Waals surface area contributed by atoms with Crippen LogP contribution in [0.3, 0.4) is 0 Å². The Morgan fingerprint density at radius 3 is 2.47 bits per heavy atom. The van der Waals surface area contributed by atoms with Crippen molar-refractivity contribution in [2.75, 3.05) is 6.54 Å². The van der Waals surface area contributed by atoms with Gasteiger partial charge in [0.1, 0.15) is 0 Å². The van der Waals surface area contributed by atoms with Crippen molar-refractivity contribution in [1.29, 1.82) is 0 Å². The minimum absolute atomic E-state index is 0.100. The number of fused-ring (bicyclic) bond motifs is 2. The molecule has 0 aliphatic heterocycles. The molecule has 2 aliphatic carbocycles. The molecular formula is C16H28N2O. The Morgan fingerprint density at radius 1 is 1.21 bits per heavy atom. The Morgan fingerprint density at radius 2 is 1.95 bits per heavy atom. The van der Waals surface area contributed by atoms with Gasteiger partial charge in [0.25, 0.3) is 0 Å². The zero-order valence-corrected chi connectivity index (χ0v) is 12.6. The fourth-order valence-corrected chi connectivity index (χ4v) is 3.45. The molecule has 108 valence electrons. The number of hydrogen-bond acceptors (Lipinski definition) is 2. The zero-order chi connectivity index (χ0) is 14.0. The topological polar surface area (TPSA) is 41.1 Å². The van der Waals surface area contributed by atoms with Crippen molar-refractivity contribution in [3.8, 4) is 0 Å². The Hall–Kier alpha value is -0.830. The molecule has 0 heterocycles. The highest BCUT2D eigenvalue weighted by Crippen LogP contribution is 2.44. The lowest BCUT2D eigenvalue weighted by Gasteiger charge is -2.28. The van der Waals surface area contributed by atoms with Gasteiger partial charge in [-0.05, 0) is 50.4 Å². The van der Waals surface area contributed by atoms with Crippen LogP contribution in [0, 0.1) is 23.7 Å². The van der Waals surface area contributed by atoms with Crippen molar-refractivity contribution in [3.63, 3.8) is 0 Å². The number of carbonyl (C=O) groups excluding carboxylic acids is 1. The molecule has 0 radical (unpaired) electrons. The first-order chi connectivity index (χ1) is 8.97. The average molecular weight is 264 g/mol. The third-order valence-electron chi connectivity index (χ3n) is 4.56. The normalized spacial score (nSPS) is 31.7. The first-order valence-corrected chi connectivity index (χ1v) is 7.69. The van der Waals surface area contributed by atoms with Crippen LogP contribution in [0.2, 0.25) is 0 Å². The van der Waals surface area contributed by atoms with E-state index in [9.17, 15) is 4.79 Å². The Balaban J connectivity index is 1.77. The van der Waals surface area contributed by atoms with E-state index in [-0.39, 0.29) is 11.9 Å². The summed E-state index contributed by atoms with van der Waals surface area (Å²) in [5, 5.41) is 6.48. The summed E-state index contributed by atoms with van der Waals surface area (Å²) in [4.78, 5) is 12.0. The summed E-state index contributed by atoms with van der Waals surface area (Å²) in [7, 11) is 0. The molecule has 1 amide bonds. The third kappa shape index (κ3) is 3.59. The zero-order valence-electron chi connectivity index (χ0n) is 12.6. The summed E-state index contributed by atoms with van der Waals surface area (Å²) in [6.45, 7) is 9.18. The van der Waals surface area contributed by atoms with Crippen LogP contribution in [0.4, 0.5) is 0 Å². The quantitative estimate of drug-likeness (QED) is 0.723. The van der Waals surface area contributed by atoms with Gasteiger partial charge in [-0.1, -0.05) is 26.0 Å². The number of nitrogens with one attached hydrogen (secondary N) is 2. The van der Waals surface area contributed by atoms with E-state index in [1.807, 2.05) is 6.92 Å².